The number of rotatable bonds is 1. The summed E-state index contributed by atoms with van der Waals surface area (Å²) in [5.41, 5.74) is 0.652. The number of fused-ring (bicyclic) bond motifs is 1. The Kier molecular flexibility index (Phi) is 1.65. The second kappa shape index (κ2) is 2.67. The van der Waals surface area contributed by atoms with Crippen LogP contribution < -0.4 is 0 Å². The molecule has 0 fully saturated rings. The van der Waals surface area contributed by atoms with Crippen LogP contribution >= 0.6 is 15.9 Å². The van der Waals surface area contributed by atoms with E-state index in [2.05, 4.69) is 26.1 Å². The number of aldehydes is 1. The highest BCUT2D eigenvalue weighted by molar-refractivity contribution is 9.10. The van der Waals surface area contributed by atoms with Crippen LogP contribution in [-0.4, -0.2) is 16.4 Å². The average molecular weight is 227 g/mol. The lowest BCUT2D eigenvalue weighted by molar-refractivity contribution is 0.111. The van der Waals surface area contributed by atoms with Crippen molar-refractivity contribution in [2.24, 2.45) is 0 Å². The van der Waals surface area contributed by atoms with Gasteiger partial charge in [-0.05, 0) is 22.0 Å². The molecule has 0 saturated heterocycles. The zero-order valence-corrected chi connectivity index (χ0v) is 7.41. The number of carbonyl (C=O) groups excluding carboxylic acids is 1. The van der Waals surface area contributed by atoms with Crippen LogP contribution in [0.15, 0.2) is 21.3 Å². The molecule has 2 aromatic heterocycles. The van der Waals surface area contributed by atoms with Gasteiger partial charge >= 0.3 is 0 Å². The molecule has 0 amide bonds. The van der Waals surface area contributed by atoms with Crippen LogP contribution in [-0.2, 0) is 0 Å². The van der Waals surface area contributed by atoms with Gasteiger partial charge in [0.1, 0.15) is 0 Å². The number of carbonyl (C=O) groups is 1. The van der Waals surface area contributed by atoms with Gasteiger partial charge in [0, 0.05) is 10.7 Å². The molecular formula is C7H3BrN2O2. The third-order valence-corrected chi connectivity index (χ3v) is 1.87. The number of aromatic nitrogens is 2. The fourth-order valence-electron chi connectivity index (χ4n) is 0.910. The second-order valence-electron chi connectivity index (χ2n) is 2.19. The summed E-state index contributed by atoms with van der Waals surface area (Å²) in [6, 6.07) is 1.74. The van der Waals surface area contributed by atoms with Crippen LogP contribution in [0.3, 0.4) is 0 Å². The Hall–Kier alpha value is -1.23. The zero-order chi connectivity index (χ0) is 8.55. The zero-order valence-electron chi connectivity index (χ0n) is 5.82. The average Bonchev–Trinajstić information content (AvgIpc) is 2.46. The van der Waals surface area contributed by atoms with Gasteiger partial charge in [0.05, 0.1) is 5.39 Å². The number of hydrogen-bond acceptors (Lipinski definition) is 4. The largest absolute Gasteiger partial charge is 0.335 e. The standard InChI is InChI=1S/C7H3BrN2O2/c8-4-1-5-6(3-11)10-12-7(5)9-2-4/h1-3H. The first-order valence-electron chi connectivity index (χ1n) is 3.17. The minimum absolute atomic E-state index is 0.277. The molecule has 2 aromatic rings. The molecule has 0 radical (unpaired) electrons. The van der Waals surface area contributed by atoms with Gasteiger partial charge < -0.3 is 4.52 Å². The maximum absolute atomic E-state index is 10.4. The van der Waals surface area contributed by atoms with Crippen LogP contribution in [0.2, 0.25) is 0 Å². The fourth-order valence-corrected chi connectivity index (χ4v) is 1.24. The van der Waals surface area contributed by atoms with E-state index < -0.39 is 0 Å². The van der Waals surface area contributed by atoms with Crippen LogP contribution in [0.5, 0.6) is 0 Å². The van der Waals surface area contributed by atoms with Crippen molar-refractivity contribution in [2.75, 3.05) is 0 Å². The minimum Gasteiger partial charge on any atom is -0.335 e. The summed E-state index contributed by atoms with van der Waals surface area (Å²) in [5, 5.41) is 4.15. The van der Waals surface area contributed by atoms with Crippen molar-refractivity contribution in [1.82, 2.24) is 10.1 Å². The van der Waals surface area contributed by atoms with Gasteiger partial charge in [-0.1, -0.05) is 5.16 Å². The fraction of sp³-hybridized carbons (Fsp3) is 0. The Labute approximate surface area is 75.7 Å². The molecule has 0 spiro atoms. The third kappa shape index (κ3) is 1.02. The predicted octanol–water partition coefficient (Wildman–Crippen LogP) is 1.80. The molecule has 0 aliphatic rings. The number of halogens is 1. The molecule has 60 valence electrons. The summed E-state index contributed by atoms with van der Waals surface area (Å²) >= 11 is 3.23. The van der Waals surface area contributed by atoms with Gasteiger partial charge in [-0.3, -0.25) is 4.79 Å². The normalized spacial score (nSPS) is 10.4. The highest BCUT2D eigenvalue weighted by atomic mass is 79.9. The highest BCUT2D eigenvalue weighted by Crippen LogP contribution is 2.18. The summed E-state index contributed by atoms with van der Waals surface area (Å²) in [5.74, 6) is 0. The molecule has 12 heavy (non-hydrogen) atoms. The molecule has 0 aliphatic carbocycles. The van der Waals surface area contributed by atoms with Crippen molar-refractivity contribution in [1.29, 1.82) is 0 Å². The summed E-state index contributed by atoms with van der Waals surface area (Å²) in [6.07, 6.45) is 2.22. The Morgan fingerprint density at radius 1 is 1.58 bits per heavy atom. The molecule has 0 N–H and O–H groups in total. The number of pyridine rings is 1. The van der Waals surface area contributed by atoms with E-state index in [1.165, 1.54) is 0 Å². The van der Waals surface area contributed by atoms with Gasteiger partial charge in [-0.25, -0.2) is 4.98 Å². The smallest absolute Gasteiger partial charge is 0.258 e. The maximum atomic E-state index is 10.4. The van der Waals surface area contributed by atoms with Crippen molar-refractivity contribution in [3.05, 3.63) is 22.4 Å². The van der Waals surface area contributed by atoms with Crippen molar-refractivity contribution in [3.8, 4) is 0 Å². The number of hydrogen-bond donors (Lipinski definition) is 0. The summed E-state index contributed by atoms with van der Waals surface area (Å²) in [7, 11) is 0. The van der Waals surface area contributed by atoms with E-state index in [0.717, 1.165) is 4.47 Å². The van der Waals surface area contributed by atoms with E-state index in [0.29, 0.717) is 17.4 Å². The lowest BCUT2D eigenvalue weighted by Crippen LogP contribution is -1.79. The second-order valence-corrected chi connectivity index (χ2v) is 3.11. The maximum Gasteiger partial charge on any atom is 0.258 e. The molecule has 0 unspecified atom stereocenters. The lowest BCUT2D eigenvalue weighted by Gasteiger charge is -1.86. The van der Waals surface area contributed by atoms with Crippen LogP contribution in [0.4, 0.5) is 0 Å². The van der Waals surface area contributed by atoms with Crippen molar-refractivity contribution in [2.45, 2.75) is 0 Å². The van der Waals surface area contributed by atoms with Gasteiger partial charge in [-0.2, -0.15) is 0 Å². The van der Waals surface area contributed by atoms with Gasteiger partial charge in [0.15, 0.2) is 12.0 Å². The molecule has 0 atom stereocenters. The van der Waals surface area contributed by atoms with E-state index in [9.17, 15) is 4.79 Å². The molecule has 2 rings (SSSR count). The van der Waals surface area contributed by atoms with Crippen molar-refractivity contribution >= 4 is 33.3 Å². The van der Waals surface area contributed by atoms with Crippen molar-refractivity contribution < 1.29 is 9.32 Å². The summed E-state index contributed by atoms with van der Waals surface area (Å²) in [6.45, 7) is 0. The molecule has 0 aliphatic heterocycles. The van der Waals surface area contributed by atoms with Gasteiger partial charge in [0.2, 0.25) is 0 Å². The molecule has 0 saturated carbocycles. The SMILES string of the molecule is O=Cc1noc2ncc(Br)cc12. The van der Waals surface area contributed by atoms with Crippen LogP contribution in [0.25, 0.3) is 11.1 Å². The summed E-state index contributed by atoms with van der Waals surface area (Å²) < 4.78 is 5.57. The third-order valence-electron chi connectivity index (χ3n) is 1.44. The first-order chi connectivity index (χ1) is 5.81. The lowest BCUT2D eigenvalue weighted by atomic mass is 10.3. The van der Waals surface area contributed by atoms with E-state index in [-0.39, 0.29) is 5.69 Å². The molecule has 4 nitrogen and oxygen atoms in total. The van der Waals surface area contributed by atoms with E-state index in [1.54, 1.807) is 12.3 Å². The number of nitrogens with zero attached hydrogens (tertiary/aromatic N) is 2. The van der Waals surface area contributed by atoms with Gasteiger partial charge in [0.25, 0.3) is 5.71 Å². The Morgan fingerprint density at radius 2 is 2.42 bits per heavy atom. The molecule has 0 bridgehead atoms. The molecule has 0 aromatic carbocycles. The Balaban J connectivity index is 2.83. The first kappa shape index (κ1) is 7.42. The first-order valence-corrected chi connectivity index (χ1v) is 3.96. The van der Waals surface area contributed by atoms with E-state index in [4.69, 9.17) is 4.52 Å². The highest BCUT2D eigenvalue weighted by Gasteiger charge is 2.07. The monoisotopic (exact) mass is 226 g/mol. The van der Waals surface area contributed by atoms with Gasteiger partial charge in [-0.15, -0.1) is 0 Å². The summed E-state index contributed by atoms with van der Waals surface area (Å²) in [4.78, 5) is 14.3. The quantitative estimate of drug-likeness (QED) is 0.697. The van der Waals surface area contributed by atoms with E-state index in [1.807, 2.05) is 0 Å². The molecular weight excluding hydrogens is 224 g/mol. The van der Waals surface area contributed by atoms with Crippen LogP contribution in [0, 0.1) is 0 Å². The topological polar surface area (TPSA) is 56.0 Å². The Morgan fingerprint density at radius 3 is 3.17 bits per heavy atom. The molecule has 2 heterocycles. The van der Waals surface area contributed by atoms with Crippen molar-refractivity contribution in [3.63, 3.8) is 0 Å². The van der Waals surface area contributed by atoms with E-state index >= 15 is 0 Å². The molecule has 5 heteroatoms. The Bertz CT molecular complexity index is 438. The van der Waals surface area contributed by atoms with Crippen LogP contribution in [0.1, 0.15) is 10.5 Å². The minimum atomic E-state index is 0.277. The predicted molar refractivity (Wildman–Crippen MR) is 44.9 cm³/mol.